The molecule has 0 atom stereocenters. The van der Waals surface area contributed by atoms with Gasteiger partial charge in [-0.3, -0.25) is 20.4 Å². The van der Waals surface area contributed by atoms with Gasteiger partial charge in [-0.1, -0.05) is 24.3 Å². The summed E-state index contributed by atoms with van der Waals surface area (Å²) in [6.45, 7) is 0. The van der Waals surface area contributed by atoms with Crippen LogP contribution in [0.4, 0.5) is 0 Å². The standard InChI is InChI=1S/C18H20N2O5/c1-23-14-10-9-13(16(24-2)17(14)25-3)11-15(21)19-20-18(22)12-7-5-4-6-8-12/h4-10H,11H2,1-3H3,(H,19,21)(H,20,22). The van der Waals surface area contributed by atoms with E-state index in [1.165, 1.54) is 21.3 Å². The molecule has 0 aliphatic carbocycles. The zero-order chi connectivity index (χ0) is 18.2. The van der Waals surface area contributed by atoms with E-state index in [9.17, 15) is 9.59 Å². The highest BCUT2D eigenvalue weighted by Gasteiger charge is 2.18. The van der Waals surface area contributed by atoms with E-state index in [2.05, 4.69) is 10.9 Å². The molecule has 0 saturated heterocycles. The lowest BCUT2D eigenvalue weighted by Gasteiger charge is -2.15. The zero-order valence-electron chi connectivity index (χ0n) is 14.3. The second-order valence-corrected chi connectivity index (χ2v) is 5.04. The van der Waals surface area contributed by atoms with Crippen molar-refractivity contribution in [1.82, 2.24) is 10.9 Å². The Labute approximate surface area is 145 Å². The summed E-state index contributed by atoms with van der Waals surface area (Å²) in [5.74, 6) is 0.527. The molecule has 0 aromatic heterocycles. The molecule has 7 nitrogen and oxygen atoms in total. The Kier molecular flexibility index (Phi) is 6.22. The number of amides is 2. The fourth-order valence-electron chi connectivity index (χ4n) is 2.31. The molecule has 0 aliphatic heterocycles. The molecule has 2 N–H and O–H groups in total. The van der Waals surface area contributed by atoms with Crippen LogP contribution in [0.5, 0.6) is 17.2 Å². The number of benzene rings is 2. The lowest BCUT2D eigenvalue weighted by atomic mass is 10.1. The van der Waals surface area contributed by atoms with E-state index in [0.717, 1.165) is 0 Å². The Hall–Kier alpha value is -3.22. The first-order valence-corrected chi connectivity index (χ1v) is 7.52. The fourth-order valence-corrected chi connectivity index (χ4v) is 2.31. The second-order valence-electron chi connectivity index (χ2n) is 5.04. The maximum Gasteiger partial charge on any atom is 0.269 e. The SMILES string of the molecule is COc1ccc(CC(=O)NNC(=O)c2ccccc2)c(OC)c1OC. The number of hydrazine groups is 1. The highest BCUT2D eigenvalue weighted by molar-refractivity contribution is 5.95. The predicted octanol–water partition coefficient (Wildman–Crippen LogP) is 1.72. The van der Waals surface area contributed by atoms with Gasteiger partial charge in [0, 0.05) is 11.1 Å². The predicted molar refractivity (Wildman–Crippen MR) is 91.9 cm³/mol. The molecule has 0 radical (unpaired) electrons. The summed E-state index contributed by atoms with van der Waals surface area (Å²) in [5, 5.41) is 0. The van der Waals surface area contributed by atoms with Gasteiger partial charge in [0.2, 0.25) is 11.7 Å². The minimum atomic E-state index is -0.395. The van der Waals surface area contributed by atoms with E-state index in [1.807, 2.05) is 0 Å². The smallest absolute Gasteiger partial charge is 0.269 e. The van der Waals surface area contributed by atoms with Crippen LogP contribution in [0, 0.1) is 0 Å². The Morgan fingerprint density at radius 2 is 1.52 bits per heavy atom. The van der Waals surface area contributed by atoms with Gasteiger partial charge in [-0.05, 0) is 18.2 Å². The van der Waals surface area contributed by atoms with Crippen LogP contribution in [-0.4, -0.2) is 33.1 Å². The van der Waals surface area contributed by atoms with Gasteiger partial charge in [0.05, 0.1) is 27.8 Å². The lowest BCUT2D eigenvalue weighted by Crippen LogP contribution is -2.42. The van der Waals surface area contributed by atoms with Crippen molar-refractivity contribution in [3.63, 3.8) is 0 Å². The van der Waals surface area contributed by atoms with Gasteiger partial charge in [-0.2, -0.15) is 0 Å². The minimum absolute atomic E-state index is 0.00139. The van der Waals surface area contributed by atoms with Crippen molar-refractivity contribution < 1.29 is 23.8 Å². The number of carbonyl (C=O) groups excluding carboxylic acids is 2. The third-order valence-corrected chi connectivity index (χ3v) is 3.49. The van der Waals surface area contributed by atoms with Crippen LogP contribution in [0.2, 0.25) is 0 Å². The normalized spacial score (nSPS) is 9.88. The molecule has 7 heteroatoms. The number of methoxy groups -OCH3 is 3. The molecule has 0 heterocycles. The molecular formula is C18H20N2O5. The Bertz CT molecular complexity index is 747. The van der Waals surface area contributed by atoms with Crippen molar-refractivity contribution >= 4 is 11.8 Å². The van der Waals surface area contributed by atoms with Crippen LogP contribution >= 0.6 is 0 Å². The van der Waals surface area contributed by atoms with Crippen LogP contribution in [0.25, 0.3) is 0 Å². The molecule has 132 valence electrons. The number of rotatable bonds is 6. The van der Waals surface area contributed by atoms with Gasteiger partial charge >= 0.3 is 0 Å². The summed E-state index contributed by atoms with van der Waals surface area (Å²) in [4.78, 5) is 24.0. The van der Waals surface area contributed by atoms with E-state index >= 15 is 0 Å². The van der Waals surface area contributed by atoms with Crippen LogP contribution in [0.3, 0.4) is 0 Å². The fraction of sp³-hybridized carbons (Fsp3) is 0.222. The van der Waals surface area contributed by atoms with E-state index in [4.69, 9.17) is 14.2 Å². The topological polar surface area (TPSA) is 85.9 Å². The van der Waals surface area contributed by atoms with Crippen molar-refractivity contribution in [1.29, 1.82) is 0 Å². The second kappa shape index (κ2) is 8.58. The van der Waals surface area contributed by atoms with Gasteiger partial charge in [0.25, 0.3) is 5.91 Å². The van der Waals surface area contributed by atoms with Gasteiger partial charge < -0.3 is 14.2 Å². The van der Waals surface area contributed by atoms with E-state index in [0.29, 0.717) is 28.4 Å². The number of hydrogen-bond acceptors (Lipinski definition) is 5. The largest absolute Gasteiger partial charge is 0.493 e. The van der Waals surface area contributed by atoms with Gasteiger partial charge in [-0.15, -0.1) is 0 Å². The zero-order valence-corrected chi connectivity index (χ0v) is 14.3. The van der Waals surface area contributed by atoms with Crippen molar-refractivity contribution in [2.45, 2.75) is 6.42 Å². The van der Waals surface area contributed by atoms with E-state index in [-0.39, 0.29) is 6.42 Å². The molecule has 25 heavy (non-hydrogen) atoms. The maximum atomic E-state index is 12.1. The third-order valence-electron chi connectivity index (χ3n) is 3.49. The minimum Gasteiger partial charge on any atom is -0.493 e. The van der Waals surface area contributed by atoms with Crippen LogP contribution in [0.1, 0.15) is 15.9 Å². The van der Waals surface area contributed by atoms with Gasteiger partial charge in [0.15, 0.2) is 11.5 Å². The molecule has 0 aliphatic rings. The molecule has 2 rings (SSSR count). The summed E-state index contributed by atoms with van der Waals surface area (Å²) in [7, 11) is 4.49. The van der Waals surface area contributed by atoms with Crippen molar-refractivity contribution in [2.75, 3.05) is 21.3 Å². The summed E-state index contributed by atoms with van der Waals surface area (Å²) >= 11 is 0. The van der Waals surface area contributed by atoms with Crippen LogP contribution in [-0.2, 0) is 11.2 Å². The van der Waals surface area contributed by atoms with Gasteiger partial charge in [-0.25, -0.2) is 0 Å². The van der Waals surface area contributed by atoms with Gasteiger partial charge in [0.1, 0.15) is 0 Å². The summed E-state index contributed by atoms with van der Waals surface area (Å²) < 4.78 is 15.8. The Morgan fingerprint density at radius 1 is 0.840 bits per heavy atom. The molecule has 2 aromatic carbocycles. The maximum absolute atomic E-state index is 12.1. The first-order valence-electron chi connectivity index (χ1n) is 7.52. The highest BCUT2D eigenvalue weighted by Crippen LogP contribution is 2.39. The first-order chi connectivity index (χ1) is 12.1. The van der Waals surface area contributed by atoms with E-state index in [1.54, 1.807) is 42.5 Å². The average molecular weight is 344 g/mol. The van der Waals surface area contributed by atoms with Crippen molar-refractivity contribution in [3.05, 3.63) is 53.6 Å². The van der Waals surface area contributed by atoms with E-state index < -0.39 is 11.8 Å². The molecule has 0 unspecified atom stereocenters. The number of carbonyl (C=O) groups is 2. The number of ether oxygens (including phenoxy) is 3. The molecule has 0 bridgehead atoms. The third kappa shape index (κ3) is 4.41. The first kappa shape index (κ1) is 18.1. The summed E-state index contributed by atoms with van der Waals surface area (Å²) in [5.41, 5.74) is 5.81. The summed E-state index contributed by atoms with van der Waals surface area (Å²) in [6, 6.07) is 12.0. The molecular weight excluding hydrogens is 324 g/mol. The van der Waals surface area contributed by atoms with Crippen LogP contribution in [0.15, 0.2) is 42.5 Å². The Morgan fingerprint density at radius 3 is 2.12 bits per heavy atom. The lowest BCUT2D eigenvalue weighted by molar-refractivity contribution is -0.121. The number of nitrogens with one attached hydrogen (secondary N) is 2. The monoisotopic (exact) mass is 344 g/mol. The van der Waals surface area contributed by atoms with Crippen molar-refractivity contribution in [3.8, 4) is 17.2 Å². The molecule has 0 fully saturated rings. The molecule has 2 aromatic rings. The molecule has 0 saturated carbocycles. The quantitative estimate of drug-likeness (QED) is 0.779. The highest BCUT2D eigenvalue weighted by atomic mass is 16.5. The molecule has 2 amide bonds. The Balaban J connectivity index is 2.04. The molecule has 0 spiro atoms. The average Bonchev–Trinajstić information content (AvgIpc) is 2.66. The van der Waals surface area contributed by atoms with Crippen molar-refractivity contribution in [2.24, 2.45) is 0 Å². The van der Waals surface area contributed by atoms with Crippen LogP contribution < -0.4 is 25.1 Å². The number of hydrogen-bond donors (Lipinski definition) is 2. The summed E-state index contributed by atoms with van der Waals surface area (Å²) in [6.07, 6.45) is -0.00139.